The number of nitrogens with one attached hydrogen (secondary N) is 2. The summed E-state index contributed by atoms with van der Waals surface area (Å²) in [6.45, 7) is 14.4. The average molecular weight is 594 g/mol. The van der Waals surface area contributed by atoms with Crippen molar-refractivity contribution in [1.82, 2.24) is 19.6 Å². The Balaban J connectivity index is 1.70. The van der Waals surface area contributed by atoms with Crippen molar-refractivity contribution in [3.8, 4) is 0 Å². The molecule has 0 aromatic carbocycles. The number of aromatic nitrogens is 2. The van der Waals surface area contributed by atoms with Gasteiger partial charge in [0.15, 0.2) is 5.03 Å². The molecular formula is C28H40ClN5O5S. The number of likely N-dealkylation sites (tertiary alicyclic amines) is 1. The first-order valence-corrected chi connectivity index (χ1v) is 15.2. The number of rotatable bonds is 9. The van der Waals surface area contributed by atoms with E-state index in [9.17, 15) is 23.1 Å². The van der Waals surface area contributed by atoms with Crippen molar-refractivity contribution in [2.24, 2.45) is 11.8 Å². The van der Waals surface area contributed by atoms with Crippen LogP contribution in [0.15, 0.2) is 35.4 Å². The monoisotopic (exact) mass is 593 g/mol. The minimum absolute atomic E-state index is 0.0201. The third-order valence-electron chi connectivity index (χ3n) is 7.30. The van der Waals surface area contributed by atoms with Crippen molar-refractivity contribution in [3.63, 3.8) is 0 Å². The molecule has 2 aromatic heterocycles. The van der Waals surface area contributed by atoms with Crippen molar-refractivity contribution >= 4 is 39.4 Å². The largest absolute Gasteiger partial charge is 0.465 e. The molecule has 3 heterocycles. The highest BCUT2D eigenvalue weighted by Crippen LogP contribution is 2.35. The normalized spacial score (nSPS) is 18.0. The Kier molecular flexibility index (Phi) is 9.40. The van der Waals surface area contributed by atoms with Crippen LogP contribution in [0.4, 0.5) is 10.6 Å². The van der Waals surface area contributed by atoms with Crippen LogP contribution in [0.3, 0.4) is 0 Å². The SMILES string of the molecule is CC(C)C(CC[C@@H]1CN(C(=O)O)C(C)(C)C1)Nc1cccc(S(=O)(=O)NC(=O)c2ccc(C(C)(C)C)nc2Cl)n1. The number of carbonyl (C=O) groups is 2. The summed E-state index contributed by atoms with van der Waals surface area (Å²) in [5, 5.41) is 12.5. The number of carboxylic acid groups (broad SMARTS) is 1. The zero-order valence-corrected chi connectivity index (χ0v) is 25.7. The molecule has 1 aliphatic rings. The second-order valence-corrected chi connectivity index (χ2v) is 14.4. The Bertz CT molecular complexity index is 1360. The maximum atomic E-state index is 13.0. The van der Waals surface area contributed by atoms with Gasteiger partial charge in [-0.05, 0) is 69.2 Å². The fourth-order valence-corrected chi connectivity index (χ4v) is 6.16. The smallest absolute Gasteiger partial charge is 0.407 e. The lowest BCUT2D eigenvalue weighted by atomic mass is 9.89. The number of nitrogens with zero attached hydrogens (tertiary/aromatic N) is 3. The lowest BCUT2D eigenvalue weighted by Crippen LogP contribution is -2.41. The summed E-state index contributed by atoms with van der Waals surface area (Å²) >= 11 is 6.21. The van der Waals surface area contributed by atoms with Gasteiger partial charge in [-0.3, -0.25) is 4.79 Å². The van der Waals surface area contributed by atoms with Gasteiger partial charge in [0, 0.05) is 29.2 Å². The predicted octanol–water partition coefficient (Wildman–Crippen LogP) is 5.54. The molecule has 1 fully saturated rings. The van der Waals surface area contributed by atoms with E-state index in [-0.39, 0.29) is 39.0 Å². The molecule has 2 atom stereocenters. The van der Waals surface area contributed by atoms with E-state index < -0.39 is 27.6 Å². The summed E-state index contributed by atoms with van der Waals surface area (Å²) in [5.41, 5.74) is -0.0691. The summed E-state index contributed by atoms with van der Waals surface area (Å²) < 4.78 is 28.1. The summed E-state index contributed by atoms with van der Waals surface area (Å²) in [6.07, 6.45) is 1.46. The minimum atomic E-state index is -4.29. The molecule has 3 N–H and O–H groups in total. The Morgan fingerprint density at radius 2 is 1.85 bits per heavy atom. The average Bonchev–Trinajstić information content (AvgIpc) is 3.15. The van der Waals surface area contributed by atoms with Gasteiger partial charge < -0.3 is 15.3 Å². The maximum absolute atomic E-state index is 13.0. The Hall–Kier alpha value is -2.92. The van der Waals surface area contributed by atoms with Crippen LogP contribution in [0.25, 0.3) is 0 Å². The van der Waals surface area contributed by atoms with Crippen molar-refractivity contribution < 1.29 is 23.1 Å². The highest BCUT2D eigenvalue weighted by atomic mass is 35.5. The van der Waals surface area contributed by atoms with Crippen LogP contribution in [0.2, 0.25) is 5.15 Å². The number of amides is 2. The molecule has 2 amide bonds. The topological polar surface area (TPSA) is 142 Å². The zero-order chi connectivity index (χ0) is 30.0. The van der Waals surface area contributed by atoms with Crippen molar-refractivity contribution in [3.05, 3.63) is 46.7 Å². The third kappa shape index (κ3) is 7.63. The maximum Gasteiger partial charge on any atom is 0.407 e. The number of halogens is 1. The first-order valence-electron chi connectivity index (χ1n) is 13.4. The molecular weight excluding hydrogens is 554 g/mol. The van der Waals surface area contributed by atoms with Gasteiger partial charge in [-0.1, -0.05) is 52.3 Å². The molecule has 2 aromatic rings. The van der Waals surface area contributed by atoms with E-state index in [2.05, 4.69) is 29.1 Å². The Morgan fingerprint density at radius 1 is 1.18 bits per heavy atom. The van der Waals surface area contributed by atoms with Crippen LogP contribution in [0, 0.1) is 11.8 Å². The molecule has 12 heteroatoms. The second-order valence-electron chi connectivity index (χ2n) is 12.4. The lowest BCUT2D eigenvalue weighted by Gasteiger charge is -2.28. The second kappa shape index (κ2) is 11.9. The molecule has 1 saturated heterocycles. The van der Waals surface area contributed by atoms with E-state index in [1.54, 1.807) is 18.2 Å². The van der Waals surface area contributed by atoms with E-state index in [1.807, 2.05) is 39.3 Å². The molecule has 3 rings (SSSR count). The zero-order valence-electron chi connectivity index (χ0n) is 24.2. The first kappa shape index (κ1) is 31.6. The Morgan fingerprint density at radius 3 is 2.40 bits per heavy atom. The molecule has 1 aliphatic heterocycles. The summed E-state index contributed by atoms with van der Waals surface area (Å²) in [4.78, 5) is 34.4. The van der Waals surface area contributed by atoms with Crippen LogP contribution in [0.5, 0.6) is 0 Å². The fraction of sp³-hybridized carbons (Fsp3) is 0.571. The third-order valence-corrected chi connectivity index (χ3v) is 8.82. The Labute approximate surface area is 242 Å². The number of hydrogen-bond acceptors (Lipinski definition) is 7. The lowest BCUT2D eigenvalue weighted by molar-refractivity contribution is 0.0980. The van der Waals surface area contributed by atoms with Gasteiger partial charge >= 0.3 is 6.09 Å². The van der Waals surface area contributed by atoms with E-state index in [4.69, 9.17) is 11.6 Å². The molecule has 0 radical (unpaired) electrons. The summed E-state index contributed by atoms with van der Waals surface area (Å²) in [6, 6.07) is 7.63. The molecule has 0 bridgehead atoms. The van der Waals surface area contributed by atoms with Gasteiger partial charge in [0.25, 0.3) is 15.9 Å². The van der Waals surface area contributed by atoms with Crippen LogP contribution < -0.4 is 10.0 Å². The number of carbonyl (C=O) groups excluding carboxylic acids is 1. The van der Waals surface area contributed by atoms with Gasteiger partial charge in [-0.25, -0.2) is 19.5 Å². The molecule has 10 nitrogen and oxygen atoms in total. The van der Waals surface area contributed by atoms with Gasteiger partial charge in [-0.15, -0.1) is 0 Å². The number of hydrogen-bond donors (Lipinski definition) is 3. The summed E-state index contributed by atoms with van der Waals surface area (Å²) in [5.74, 6) is -0.0875. The molecule has 0 spiro atoms. The molecule has 0 saturated carbocycles. The number of pyridine rings is 2. The van der Waals surface area contributed by atoms with E-state index in [0.717, 1.165) is 19.3 Å². The number of anilines is 1. The summed E-state index contributed by atoms with van der Waals surface area (Å²) in [7, 11) is -4.29. The fourth-order valence-electron chi connectivity index (χ4n) is 4.99. The van der Waals surface area contributed by atoms with E-state index >= 15 is 0 Å². The standard InChI is InChI=1S/C28H40ClN5O5S/c1-17(2)20(13-11-18-15-28(6,7)34(16-18)26(36)37)30-22-9-8-10-23(32-22)40(38,39)33-25(35)19-12-14-21(27(3,4)5)31-24(19)29/h8-10,12,14,17-18,20H,11,13,15-16H2,1-7H3,(H,30,32)(H,33,35)(H,36,37)/t18-,20?/m0/s1. The highest BCUT2D eigenvalue weighted by Gasteiger charge is 2.41. The van der Waals surface area contributed by atoms with Crippen molar-refractivity contribution in [2.45, 2.75) is 89.8 Å². The van der Waals surface area contributed by atoms with Gasteiger partial charge in [0.1, 0.15) is 11.0 Å². The molecule has 220 valence electrons. The molecule has 1 unspecified atom stereocenters. The van der Waals surface area contributed by atoms with Crippen molar-refractivity contribution in [2.75, 3.05) is 11.9 Å². The van der Waals surface area contributed by atoms with Crippen LogP contribution >= 0.6 is 11.6 Å². The van der Waals surface area contributed by atoms with Crippen LogP contribution in [0.1, 0.15) is 83.8 Å². The number of sulfonamides is 1. The van der Waals surface area contributed by atoms with Crippen molar-refractivity contribution in [1.29, 1.82) is 0 Å². The quantitative estimate of drug-likeness (QED) is 0.322. The van der Waals surface area contributed by atoms with E-state index in [0.29, 0.717) is 18.1 Å². The van der Waals surface area contributed by atoms with Gasteiger partial charge in [0.2, 0.25) is 0 Å². The van der Waals surface area contributed by atoms with Gasteiger partial charge in [-0.2, -0.15) is 8.42 Å². The van der Waals surface area contributed by atoms with E-state index in [1.165, 1.54) is 17.0 Å². The van der Waals surface area contributed by atoms with Crippen LogP contribution in [-0.4, -0.2) is 58.5 Å². The van der Waals surface area contributed by atoms with Crippen LogP contribution in [-0.2, 0) is 15.4 Å². The minimum Gasteiger partial charge on any atom is -0.465 e. The highest BCUT2D eigenvalue weighted by molar-refractivity contribution is 7.90. The molecule has 40 heavy (non-hydrogen) atoms. The first-order chi connectivity index (χ1) is 18.4. The molecule has 0 aliphatic carbocycles. The van der Waals surface area contributed by atoms with Gasteiger partial charge in [0.05, 0.1) is 5.56 Å². The predicted molar refractivity (Wildman–Crippen MR) is 155 cm³/mol.